The fourth-order valence-corrected chi connectivity index (χ4v) is 4.17. The van der Waals surface area contributed by atoms with E-state index < -0.39 is 0 Å². The Morgan fingerprint density at radius 1 is 1.07 bits per heavy atom. The summed E-state index contributed by atoms with van der Waals surface area (Å²) in [5.74, 6) is 0.416. The first-order valence-electron chi connectivity index (χ1n) is 11.4. The molecule has 1 aromatic rings. The van der Waals surface area contributed by atoms with E-state index in [1.807, 2.05) is 23.1 Å². The Morgan fingerprint density at radius 2 is 1.73 bits per heavy atom. The fourth-order valence-electron chi connectivity index (χ4n) is 4.17. The Morgan fingerprint density at radius 3 is 2.40 bits per heavy atom. The minimum Gasteiger partial charge on any atom is -0.394 e. The van der Waals surface area contributed by atoms with Gasteiger partial charge in [0.2, 0.25) is 11.8 Å². The normalized spacial score (nSPS) is 17.6. The molecule has 0 fully saturated rings. The molecule has 1 heterocycles. The maximum absolute atomic E-state index is 12.7. The molecule has 2 rings (SSSR count). The van der Waals surface area contributed by atoms with Crippen LogP contribution < -0.4 is 10.2 Å². The minimum absolute atomic E-state index is 0.0413. The van der Waals surface area contributed by atoms with E-state index in [1.54, 1.807) is 6.92 Å². The second-order valence-electron chi connectivity index (χ2n) is 8.85. The van der Waals surface area contributed by atoms with Crippen LogP contribution in [0, 0.1) is 5.92 Å². The summed E-state index contributed by atoms with van der Waals surface area (Å²) < 4.78 is 0. The number of carbonyl (C=O) groups is 2. The van der Waals surface area contributed by atoms with Gasteiger partial charge in [0.05, 0.1) is 19.2 Å². The summed E-state index contributed by atoms with van der Waals surface area (Å²) in [6, 6.07) is 7.81. The molecule has 0 saturated heterocycles. The van der Waals surface area contributed by atoms with E-state index in [-0.39, 0.29) is 24.5 Å². The third kappa shape index (κ3) is 8.07. The summed E-state index contributed by atoms with van der Waals surface area (Å²) in [5, 5.41) is 12.6. The first kappa shape index (κ1) is 24.4. The van der Waals surface area contributed by atoms with E-state index in [1.165, 1.54) is 0 Å². The van der Waals surface area contributed by atoms with Crippen molar-refractivity contribution in [2.24, 2.45) is 5.92 Å². The van der Waals surface area contributed by atoms with E-state index in [4.69, 9.17) is 0 Å². The van der Waals surface area contributed by atoms with Gasteiger partial charge in [0.15, 0.2) is 0 Å². The van der Waals surface area contributed by atoms with E-state index in [2.05, 4.69) is 30.1 Å². The number of rotatable bonds is 6. The predicted octanol–water partition coefficient (Wildman–Crippen LogP) is 3.33. The second-order valence-corrected chi connectivity index (χ2v) is 8.85. The number of anilines is 1. The zero-order valence-corrected chi connectivity index (χ0v) is 18.9. The number of nitrogens with one attached hydrogen (secondary N) is 1. The van der Waals surface area contributed by atoms with Gasteiger partial charge in [0, 0.05) is 25.7 Å². The lowest BCUT2D eigenvalue weighted by atomic mass is 10.0. The Kier molecular flexibility index (Phi) is 10.3. The van der Waals surface area contributed by atoms with Crippen LogP contribution in [0.1, 0.15) is 64.9 Å². The third-order valence-corrected chi connectivity index (χ3v) is 5.62. The topological polar surface area (TPSA) is 72.9 Å². The number of amides is 2. The van der Waals surface area contributed by atoms with Crippen molar-refractivity contribution in [3.63, 3.8) is 0 Å². The number of hydrogen-bond donors (Lipinski definition) is 2. The van der Waals surface area contributed by atoms with Crippen molar-refractivity contribution in [2.45, 2.75) is 71.9 Å². The Bertz CT molecular complexity index is 677. The molecule has 0 radical (unpaired) electrons. The number of hydrogen-bond acceptors (Lipinski definition) is 4. The number of aliphatic hydroxyl groups excluding tert-OH is 1. The largest absolute Gasteiger partial charge is 0.394 e. The molecular weight excluding hydrogens is 378 g/mol. The number of carbonyl (C=O) groups excluding carboxylic acids is 2. The highest BCUT2D eigenvalue weighted by molar-refractivity contribution is 5.92. The summed E-state index contributed by atoms with van der Waals surface area (Å²) in [4.78, 5) is 29.0. The Hall–Kier alpha value is -1.92. The summed E-state index contributed by atoms with van der Waals surface area (Å²) in [6.07, 6.45) is 6.22. The first-order chi connectivity index (χ1) is 14.4. The van der Waals surface area contributed by atoms with Gasteiger partial charge < -0.3 is 15.3 Å². The Balaban J connectivity index is 2.15. The molecule has 0 bridgehead atoms. The van der Waals surface area contributed by atoms with E-state index >= 15 is 0 Å². The Labute approximate surface area is 181 Å². The average Bonchev–Trinajstić information content (AvgIpc) is 2.68. The van der Waals surface area contributed by atoms with Crippen LogP contribution in [-0.4, -0.2) is 54.1 Å². The van der Waals surface area contributed by atoms with Crippen molar-refractivity contribution in [2.75, 3.05) is 31.1 Å². The monoisotopic (exact) mass is 417 g/mol. The van der Waals surface area contributed by atoms with Gasteiger partial charge in [-0.15, -0.1) is 0 Å². The van der Waals surface area contributed by atoms with Gasteiger partial charge in [-0.3, -0.25) is 14.5 Å². The zero-order valence-electron chi connectivity index (χ0n) is 18.9. The summed E-state index contributed by atoms with van der Waals surface area (Å²) in [7, 11) is 0. The molecule has 1 aromatic carbocycles. The van der Waals surface area contributed by atoms with Crippen molar-refractivity contribution in [3.05, 3.63) is 29.8 Å². The van der Waals surface area contributed by atoms with Crippen molar-refractivity contribution >= 4 is 17.5 Å². The SMILES string of the molecule is CC(=O)N1CCCCCCCN(CC(=O)N[C@H](CO)CC(C)C)Cc2ccccc21. The molecule has 2 amide bonds. The van der Waals surface area contributed by atoms with Crippen LogP contribution >= 0.6 is 0 Å². The van der Waals surface area contributed by atoms with Crippen molar-refractivity contribution in [1.29, 1.82) is 0 Å². The quantitative estimate of drug-likeness (QED) is 0.745. The first-order valence-corrected chi connectivity index (χ1v) is 11.4. The standard InChI is InChI=1S/C24H39N3O3/c1-19(2)15-22(18-28)25-24(30)17-26-13-9-5-4-6-10-14-27(20(3)29)23-12-8-7-11-21(23)16-26/h7-8,11-12,19,22,28H,4-6,9-10,13-18H2,1-3H3,(H,25,30)/t22-/m0/s1. The highest BCUT2D eigenvalue weighted by Gasteiger charge is 2.20. The molecule has 0 unspecified atom stereocenters. The number of benzene rings is 1. The molecule has 0 aliphatic carbocycles. The predicted molar refractivity (Wildman–Crippen MR) is 121 cm³/mol. The van der Waals surface area contributed by atoms with Gasteiger partial charge in [0.1, 0.15) is 0 Å². The zero-order chi connectivity index (χ0) is 21.9. The number of aliphatic hydroxyl groups is 1. The van der Waals surface area contributed by atoms with Crippen LogP contribution in [0.25, 0.3) is 0 Å². The fraction of sp³-hybridized carbons (Fsp3) is 0.667. The number of fused-ring (bicyclic) bond motifs is 1. The van der Waals surface area contributed by atoms with Gasteiger partial charge in [-0.2, -0.15) is 0 Å². The lowest BCUT2D eigenvalue weighted by Crippen LogP contribution is -2.44. The van der Waals surface area contributed by atoms with Gasteiger partial charge >= 0.3 is 0 Å². The molecule has 1 aliphatic rings. The smallest absolute Gasteiger partial charge is 0.234 e. The molecule has 0 saturated carbocycles. The molecular formula is C24H39N3O3. The summed E-state index contributed by atoms with van der Waals surface area (Å²) in [6.45, 7) is 8.25. The van der Waals surface area contributed by atoms with E-state index in [9.17, 15) is 14.7 Å². The minimum atomic E-state index is -0.203. The second kappa shape index (κ2) is 12.7. The van der Waals surface area contributed by atoms with Crippen molar-refractivity contribution in [1.82, 2.24) is 10.2 Å². The van der Waals surface area contributed by atoms with Crippen LogP contribution in [-0.2, 0) is 16.1 Å². The molecule has 0 spiro atoms. The number of nitrogens with zero attached hydrogens (tertiary/aromatic N) is 2. The van der Waals surface area contributed by atoms with Gasteiger partial charge in [0.25, 0.3) is 0 Å². The molecule has 6 heteroatoms. The lowest BCUT2D eigenvalue weighted by molar-refractivity contribution is -0.123. The van der Waals surface area contributed by atoms with Crippen LogP contribution in [0.3, 0.4) is 0 Å². The molecule has 1 atom stereocenters. The van der Waals surface area contributed by atoms with Gasteiger partial charge in [-0.25, -0.2) is 0 Å². The van der Waals surface area contributed by atoms with Gasteiger partial charge in [-0.05, 0) is 43.4 Å². The maximum atomic E-state index is 12.7. The van der Waals surface area contributed by atoms with Crippen LogP contribution in [0.15, 0.2) is 24.3 Å². The highest BCUT2D eigenvalue weighted by atomic mass is 16.3. The average molecular weight is 418 g/mol. The molecule has 2 N–H and O–H groups in total. The van der Waals surface area contributed by atoms with Crippen LogP contribution in [0.2, 0.25) is 0 Å². The number of para-hydroxylation sites is 1. The molecule has 0 aromatic heterocycles. The molecule has 168 valence electrons. The van der Waals surface area contributed by atoms with Crippen molar-refractivity contribution in [3.8, 4) is 0 Å². The lowest BCUT2D eigenvalue weighted by Gasteiger charge is -2.29. The molecule has 1 aliphatic heterocycles. The highest BCUT2D eigenvalue weighted by Crippen LogP contribution is 2.24. The van der Waals surface area contributed by atoms with Crippen molar-refractivity contribution < 1.29 is 14.7 Å². The van der Waals surface area contributed by atoms with Crippen LogP contribution in [0.4, 0.5) is 5.69 Å². The van der Waals surface area contributed by atoms with E-state index in [0.29, 0.717) is 19.0 Å². The third-order valence-electron chi connectivity index (χ3n) is 5.62. The molecule has 30 heavy (non-hydrogen) atoms. The van der Waals surface area contributed by atoms with Crippen LogP contribution in [0.5, 0.6) is 0 Å². The van der Waals surface area contributed by atoms with Gasteiger partial charge in [-0.1, -0.05) is 51.3 Å². The maximum Gasteiger partial charge on any atom is 0.234 e. The molecule has 6 nitrogen and oxygen atoms in total. The summed E-state index contributed by atoms with van der Waals surface area (Å²) in [5.41, 5.74) is 2.02. The summed E-state index contributed by atoms with van der Waals surface area (Å²) >= 11 is 0. The van der Waals surface area contributed by atoms with E-state index in [0.717, 1.165) is 62.9 Å².